The number of aromatic hydroxyl groups is 1. The van der Waals surface area contributed by atoms with Crippen LogP contribution in [0, 0.1) is 5.92 Å². The topological polar surface area (TPSA) is 53.7 Å². The Hall–Kier alpha value is -1.72. The highest BCUT2D eigenvalue weighted by Gasteiger charge is 2.21. The molecule has 0 radical (unpaired) electrons. The standard InChI is InChI=1S/C22H21Cl2NO3.ClH/c1-13-6-8-25(9-7-13)11-17-20(26)5-4-16-21(27)18(12-28-22(16)17)15-3-2-14(23)10-19(15)24;/h2-5,10,12-13,26H,6-9,11H2,1H3;1H/p-1. The molecule has 4 nitrogen and oxygen atoms in total. The number of benzene rings is 2. The van der Waals surface area contributed by atoms with E-state index in [4.69, 9.17) is 27.6 Å². The maximum Gasteiger partial charge on any atom is 0.200 e. The molecule has 1 saturated heterocycles. The van der Waals surface area contributed by atoms with E-state index in [0.717, 1.165) is 31.8 Å². The van der Waals surface area contributed by atoms with E-state index in [-0.39, 0.29) is 23.6 Å². The third-order valence-electron chi connectivity index (χ3n) is 5.50. The van der Waals surface area contributed by atoms with Gasteiger partial charge in [0.25, 0.3) is 0 Å². The molecule has 7 heteroatoms. The molecule has 1 fully saturated rings. The van der Waals surface area contributed by atoms with Crippen LogP contribution in [0.1, 0.15) is 25.3 Å². The number of fused-ring (bicyclic) bond motifs is 1. The molecule has 0 bridgehead atoms. The molecule has 1 aromatic heterocycles. The van der Waals surface area contributed by atoms with Gasteiger partial charge in [-0.3, -0.25) is 9.69 Å². The van der Waals surface area contributed by atoms with Gasteiger partial charge in [0.1, 0.15) is 17.6 Å². The highest BCUT2D eigenvalue weighted by molar-refractivity contribution is 6.36. The van der Waals surface area contributed by atoms with E-state index in [2.05, 4.69) is 11.8 Å². The van der Waals surface area contributed by atoms with Crippen molar-refractivity contribution in [2.24, 2.45) is 5.92 Å². The molecule has 0 aliphatic carbocycles. The van der Waals surface area contributed by atoms with Gasteiger partial charge in [0.05, 0.1) is 21.5 Å². The quantitative estimate of drug-likeness (QED) is 0.662. The number of phenolic OH excluding ortho intramolecular Hbond substituents is 1. The number of piperidine rings is 1. The average molecular weight is 454 g/mol. The van der Waals surface area contributed by atoms with Crippen LogP contribution < -0.4 is 17.8 Å². The maximum atomic E-state index is 13.1. The summed E-state index contributed by atoms with van der Waals surface area (Å²) >= 11 is 12.2. The number of nitrogens with zero attached hydrogens (tertiary/aromatic N) is 1. The summed E-state index contributed by atoms with van der Waals surface area (Å²) in [7, 11) is 0. The monoisotopic (exact) mass is 452 g/mol. The molecule has 2 heterocycles. The van der Waals surface area contributed by atoms with Crippen molar-refractivity contribution in [2.75, 3.05) is 13.1 Å². The molecule has 0 saturated carbocycles. The number of likely N-dealkylation sites (tertiary alicyclic amines) is 1. The largest absolute Gasteiger partial charge is 1.00 e. The van der Waals surface area contributed by atoms with Gasteiger partial charge in [0, 0.05) is 17.1 Å². The SMILES string of the molecule is CC1CCN(Cc2c(O)ccc3c(=O)c(-c4ccc(Cl)cc4Cl)coc23)CC1.[Cl-]. The second-order valence-electron chi connectivity index (χ2n) is 7.50. The number of hydrogen-bond donors (Lipinski definition) is 1. The lowest BCUT2D eigenvalue weighted by molar-refractivity contribution is -0.00000698. The number of halogens is 3. The molecule has 0 amide bonds. The van der Waals surface area contributed by atoms with Gasteiger partial charge < -0.3 is 21.9 Å². The molecule has 1 N–H and O–H groups in total. The zero-order valence-electron chi connectivity index (χ0n) is 15.9. The summed E-state index contributed by atoms with van der Waals surface area (Å²) in [6.45, 7) is 4.76. The molecule has 154 valence electrons. The lowest BCUT2D eigenvalue weighted by atomic mass is 9.98. The van der Waals surface area contributed by atoms with Gasteiger partial charge >= 0.3 is 0 Å². The minimum atomic E-state index is -0.181. The molecule has 1 aliphatic heterocycles. The molecule has 29 heavy (non-hydrogen) atoms. The number of hydrogen-bond acceptors (Lipinski definition) is 4. The Kier molecular flexibility index (Phi) is 6.79. The fraction of sp³-hybridized carbons (Fsp3) is 0.318. The Balaban J connectivity index is 0.00000240. The van der Waals surface area contributed by atoms with Crippen LogP contribution in [0.25, 0.3) is 22.1 Å². The normalized spacial score (nSPS) is 15.4. The third-order valence-corrected chi connectivity index (χ3v) is 6.05. The lowest BCUT2D eigenvalue weighted by Crippen LogP contribution is -3.00. The van der Waals surface area contributed by atoms with Gasteiger partial charge in [0.2, 0.25) is 5.43 Å². The first kappa shape index (κ1) is 22.0. The Morgan fingerprint density at radius 2 is 1.86 bits per heavy atom. The Morgan fingerprint density at radius 3 is 2.55 bits per heavy atom. The minimum Gasteiger partial charge on any atom is -1.00 e. The highest BCUT2D eigenvalue weighted by Crippen LogP contribution is 2.33. The Bertz CT molecular complexity index is 1090. The molecule has 3 aromatic rings. The highest BCUT2D eigenvalue weighted by atomic mass is 35.5. The molecule has 0 atom stereocenters. The van der Waals surface area contributed by atoms with Crippen LogP contribution in [0.3, 0.4) is 0 Å². The fourth-order valence-electron chi connectivity index (χ4n) is 3.74. The smallest absolute Gasteiger partial charge is 0.200 e. The molecule has 1 aliphatic rings. The van der Waals surface area contributed by atoms with Crippen LogP contribution >= 0.6 is 23.2 Å². The third kappa shape index (κ3) is 4.41. The minimum absolute atomic E-state index is 0. The van der Waals surface area contributed by atoms with Crippen LogP contribution in [0.4, 0.5) is 0 Å². The van der Waals surface area contributed by atoms with Crippen LogP contribution in [-0.2, 0) is 6.54 Å². The van der Waals surface area contributed by atoms with Crippen molar-refractivity contribution in [3.8, 4) is 16.9 Å². The van der Waals surface area contributed by atoms with Crippen LogP contribution in [0.5, 0.6) is 5.75 Å². The van der Waals surface area contributed by atoms with E-state index in [0.29, 0.717) is 44.2 Å². The predicted octanol–water partition coefficient (Wildman–Crippen LogP) is 2.71. The van der Waals surface area contributed by atoms with Gasteiger partial charge in [-0.1, -0.05) is 36.2 Å². The van der Waals surface area contributed by atoms with Gasteiger partial charge in [-0.15, -0.1) is 0 Å². The van der Waals surface area contributed by atoms with Crippen molar-refractivity contribution >= 4 is 34.2 Å². The molecular weight excluding hydrogens is 433 g/mol. The molecule has 2 aromatic carbocycles. The fourth-order valence-corrected chi connectivity index (χ4v) is 4.25. The summed E-state index contributed by atoms with van der Waals surface area (Å²) in [4.78, 5) is 15.4. The Labute approximate surface area is 185 Å². The van der Waals surface area contributed by atoms with Crippen molar-refractivity contribution < 1.29 is 21.9 Å². The van der Waals surface area contributed by atoms with Crippen molar-refractivity contribution in [1.82, 2.24) is 4.90 Å². The molecular formula is C22H21Cl3NO3-. The summed E-state index contributed by atoms with van der Waals surface area (Å²) in [6, 6.07) is 8.16. The van der Waals surface area contributed by atoms with E-state index in [1.165, 1.54) is 6.26 Å². The van der Waals surface area contributed by atoms with E-state index in [1.54, 1.807) is 30.3 Å². The first-order chi connectivity index (χ1) is 13.4. The lowest BCUT2D eigenvalue weighted by Gasteiger charge is -2.30. The summed E-state index contributed by atoms with van der Waals surface area (Å²) in [5, 5.41) is 11.7. The number of rotatable bonds is 3. The van der Waals surface area contributed by atoms with E-state index >= 15 is 0 Å². The van der Waals surface area contributed by atoms with Crippen molar-refractivity contribution in [1.29, 1.82) is 0 Å². The second-order valence-corrected chi connectivity index (χ2v) is 8.34. The molecule has 4 rings (SSSR count). The van der Waals surface area contributed by atoms with Crippen LogP contribution in [-0.4, -0.2) is 23.1 Å². The first-order valence-corrected chi connectivity index (χ1v) is 10.1. The van der Waals surface area contributed by atoms with Gasteiger partial charge in [0.15, 0.2) is 0 Å². The van der Waals surface area contributed by atoms with Gasteiger partial charge in [-0.05, 0) is 56.1 Å². The molecule has 0 spiro atoms. The zero-order valence-corrected chi connectivity index (χ0v) is 18.2. The van der Waals surface area contributed by atoms with E-state index in [1.807, 2.05) is 0 Å². The van der Waals surface area contributed by atoms with Crippen molar-refractivity contribution in [2.45, 2.75) is 26.3 Å². The summed E-state index contributed by atoms with van der Waals surface area (Å²) < 4.78 is 5.86. The van der Waals surface area contributed by atoms with Crippen molar-refractivity contribution in [3.05, 3.63) is 62.4 Å². The summed E-state index contributed by atoms with van der Waals surface area (Å²) in [5.41, 5.74) is 1.84. The predicted molar refractivity (Wildman–Crippen MR) is 113 cm³/mol. The van der Waals surface area contributed by atoms with Gasteiger partial charge in [-0.25, -0.2) is 0 Å². The van der Waals surface area contributed by atoms with Crippen LogP contribution in [0.15, 0.2) is 45.8 Å². The zero-order chi connectivity index (χ0) is 19.8. The van der Waals surface area contributed by atoms with Gasteiger partial charge in [-0.2, -0.15) is 0 Å². The van der Waals surface area contributed by atoms with E-state index in [9.17, 15) is 9.90 Å². The summed E-state index contributed by atoms with van der Waals surface area (Å²) in [6.07, 6.45) is 3.68. The average Bonchev–Trinajstić information content (AvgIpc) is 2.67. The van der Waals surface area contributed by atoms with E-state index < -0.39 is 0 Å². The Morgan fingerprint density at radius 1 is 1.14 bits per heavy atom. The molecule has 0 unspecified atom stereocenters. The maximum absolute atomic E-state index is 13.1. The van der Waals surface area contributed by atoms with Crippen LogP contribution in [0.2, 0.25) is 10.0 Å². The van der Waals surface area contributed by atoms with Crippen molar-refractivity contribution in [3.63, 3.8) is 0 Å². The second kappa shape index (κ2) is 8.97. The first-order valence-electron chi connectivity index (χ1n) is 9.38. The summed E-state index contributed by atoms with van der Waals surface area (Å²) in [5.74, 6) is 0.869. The number of phenols is 1.